The molecule has 1 saturated heterocycles. The number of esters is 1. The van der Waals surface area contributed by atoms with Crippen LogP contribution < -0.4 is 0 Å². The predicted octanol–water partition coefficient (Wildman–Crippen LogP) is 0.920. The molecule has 1 heterocycles. The van der Waals surface area contributed by atoms with E-state index in [0.717, 1.165) is 0 Å². The molecule has 0 saturated carbocycles. The highest BCUT2D eigenvalue weighted by Crippen LogP contribution is 2.20. The number of β-amino-alcohol motifs (C(OH)–C–C–N with tert-alkyl or cyclic N) is 1. The van der Waals surface area contributed by atoms with Crippen LogP contribution >= 0.6 is 0 Å². The fourth-order valence-corrected chi connectivity index (χ4v) is 1.92. The van der Waals surface area contributed by atoms with Crippen LogP contribution in [0.25, 0.3) is 0 Å². The van der Waals surface area contributed by atoms with Crippen LogP contribution in [0.5, 0.6) is 0 Å². The third kappa shape index (κ3) is 3.87. The first kappa shape index (κ1) is 14.8. The topological polar surface area (TPSA) is 76.1 Å². The molecule has 0 unspecified atom stereocenters. The number of hydrogen-bond acceptors (Lipinski definition) is 5. The van der Waals surface area contributed by atoms with Gasteiger partial charge < -0.3 is 14.6 Å². The molecule has 0 aliphatic carbocycles. The zero-order valence-electron chi connectivity index (χ0n) is 11.1. The van der Waals surface area contributed by atoms with Crippen LogP contribution in [-0.2, 0) is 14.3 Å². The Morgan fingerprint density at radius 3 is 2.61 bits per heavy atom. The molecular formula is C12H21NO5. The van der Waals surface area contributed by atoms with E-state index in [1.54, 1.807) is 20.8 Å². The Bertz CT molecular complexity index is 305. The standard InChI is InChI=1S/C12H21NO5/c1-4-17-12(16)13-7-9(14)5-6-10(13)11(15)18-8(2)3/h8-10,14H,4-7H2,1-3H3/t9-,10+/m1/s1. The largest absolute Gasteiger partial charge is 0.461 e. The van der Waals surface area contributed by atoms with Crippen LogP contribution in [0.2, 0.25) is 0 Å². The highest BCUT2D eigenvalue weighted by Gasteiger charge is 2.37. The molecule has 104 valence electrons. The molecule has 18 heavy (non-hydrogen) atoms. The lowest BCUT2D eigenvalue weighted by Crippen LogP contribution is -2.53. The summed E-state index contributed by atoms with van der Waals surface area (Å²) in [7, 11) is 0. The second-order valence-electron chi connectivity index (χ2n) is 4.58. The van der Waals surface area contributed by atoms with Gasteiger partial charge in [0.05, 0.1) is 25.4 Å². The zero-order chi connectivity index (χ0) is 13.7. The molecule has 1 rings (SSSR count). The third-order valence-electron chi connectivity index (χ3n) is 2.68. The van der Waals surface area contributed by atoms with Gasteiger partial charge in [-0.25, -0.2) is 9.59 Å². The van der Waals surface area contributed by atoms with Crippen molar-refractivity contribution >= 4 is 12.1 Å². The third-order valence-corrected chi connectivity index (χ3v) is 2.68. The van der Waals surface area contributed by atoms with Crippen LogP contribution in [0.4, 0.5) is 4.79 Å². The number of rotatable bonds is 3. The zero-order valence-corrected chi connectivity index (χ0v) is 11.1. The molecule has 0 aromatic carbocycles. The SMILES string of the molecule is CCOC(=O)N1C[C@H](O)CC[C@H]1C(=O)OC(C)C. The summed E-state index contributed by atoms with van der Waals surface area (Å²) in [5, 5.41) is 9.58. The second kappa shape index (κ2) is 6.58. The molecule has 1 fully saturated rings. The summed E-state index contributed by atoms with van der Waals surface area (Å²) >= 11 is 0. The maximum Gasteiger partial charge on any atom is 0.410 e. The molecular weight excluding hydrogens is 238 g/mol. The molecule has 1 aliphatic rings. The molecule has 1 amide bonds. The number of likely N-dealkylation sites (tertiary alicyclic amines) is 1. The number of ether oxygens (including phenoxy) is 2. The molecule has 0 aromatic rings. The average molecular weight is 259 g/mol. The first-order valence-electron chi connectivity index (χ1n) is 6.27. The molecule has 1 N–H and O–H groups in total. The highest BCUT2D eigenvalue weighted by molar-refractivity contribution is 5.81. The smallest absolute Gasteiger partial charge is 0.410 e. The number of aliphatic hydroxyl groups is 1. The van der Waals surface area contributed by atoms with E-state index in [1.165, 1.54) is 4.90 Å². The van der Waals surface area contributed by atoms with Crippen LogP contribution in [-0.4, -0.2) is 53.5 Å². The number of hydrogen-bond donors (Lipinski definition) is 1. The van der Waals surface area contributed by atoms with Gasteiger partial charge in [0.25, 0.3) is 0 Å². The van der Waals surface area contributed by atoms with E-state index in [9.17, 15) is 14.7 Å². The fourth-order valence-electron chi connectivity index (χ4n) is 1.92. The Labute approximate surface area is 107 Å². The first-order chi connectivity index (χ1) is 8.45. The lowest BCUT2D eigenvalue weighted by atomic mass is 10.0. The number of carbonyl (C=O) groups is 2. The quantitative estimate of drug-likeness (QED) is 0.763. The van der Waals surface area contributed by atoms with Gasteiger partial charge in [0.1, 0.15) is 6.04 Å². The Morgan fingerprint density at radius 2 is 2.06 bits per heavy atom. The van der Waals surface area contributed by atoms with Crippen molar-refractivity contribution in [1.82, 2.24) is 4.90 Å². The van der Waals surface area contributed by atoms with Gasteiger partial charge in [-0.05, 0) is 33.6 Å². The van der Waals surface area contributed by atoms with E-state index >= 15 is 0 Å². The molecule has 0 spiro atoms. The van der Waals surface area contributed by atoms with Crippen LogP contribution in [0.15, 0.2) is 0 Å². The van der Waals surface area contributed by atoms with Gasteiger partial charge in [0, 0.05) is 0 Å². The van der Waals surface area contributed by atoms with Gasteiger partial charge in [-0.15, -0.1) is 0 Å². The van der Waals surface area contributed by atoms with Crippen molar-refractivity contribution in [3.05, 3.63) is 0 Å². The fraction of sp³-hybridized carbons (Fsp3) is 0.833. The van der Waals surface area contributed by atoms with Crippen LogP contribution in [0.3, 0.4) is 0 Å². The second-order valence-corrected chi connectivity index (χ2v) is 4.58. The van der Waals surface area contributed by atoms with Gasteiger partial charge in [-0.1, -0.05) is 0 Å². The monoisotopic (exact) mass is 259 g/mol. The molecule has 1 aliphatic heterocycles. The van der Waals surface area contributed by atoms with Crippen LogP contribution in [0, 0.1) is 0 Å². The van der Waals surface area contributed by atoms with E-state index < -0.39 is 24.2 Å². The number of carbonyl (C=O) groups excluding carboxylic acids is 2. The lowest BCUT2D eigenvalue weighted by Gasteiger charge is -2.35. The van der Waals surface area contributed by atoms with E-state index in [0.29, 0.717) is 12.8 Å². The molecule has 0 radical (unpaired) electrons. The van der Waals surface area contributed by atoms with Crippen LogP contribution in [0.1, 0.15) is 33.6 Å². The maximum atomic E-state index is 11.9. The maximum absolute atomic E-state index is 11.9. The summed E-state index contributed by atoms with van der Waals surface area (Å²) in [4.78, 5) is 24.9. The number of aliphatic hydroxyl groups excluding tert-OH is 1. The first-order valence-corrected chi connectivity index (χ1v) is 6.27. The summed E-state index contributed by atoms with van der Waals surface area (Å²) in [6.07, 6.45) is -0.549. The van der Waals surface area contributed by atoms with Gasteiger partial charge >= 0.3 is 12.1 Å². The molecule has 6 nitrogen and oxygen atoms in total. The summed E-state index contributed by atoms with van der Waals surface area (Å²) in [5.74, 6) is -0.440. The normalized spacial score (nSPS) is 23.9. The van der Waals surface area contributed by atoms with Crippen molar-refractivity contribution in [2.75, 3.05) is 13.2 Å². The minimum atomic E-state index is -0.658. The minimum absolute atomic E-state index is 0.108. The summed E-state index contributed by atoms with van der Waals surface area (Å²) in [6.45, 7) is 5.54. The van der Waals surface area contributed by atoms with E-state index in [1.807, 2.05) is 0 Å². The molecule has 6 heteroatoms. The molecule has 2 atom stereocenters. The van der Waals surface area contributed by atoms with Gasteiger partial charge in [-0.3, -0.25) is 4.90 Å². The van der Waals surface area contributed by atoms with Crippen molar-refractivity contribution in [2.24, 2.45) is 0 Å². The Morgan fingerprint density at radius 1 is 1.39 bits per heavy atom. The van der Waals surface area contributed by atoms with Crippen molar-refractivity contribution in [2.45, 2.75) is 51.9 Å². The Balaban J connectivity index is 2.72. The Hall–Kier alpha value is -1.30. The minimum Gasteiger partial charge on any atom is -0.461 e. The summed E-state index contributed by atoms with van der Waals surface area (Å²) in [5.41, 5.74) is 0. The van der Waals surface area contributed by atoms with Gasteiger partial charge in [0.2, 0.25) is 0 Å². The number of nitrogens with zero attached hydrogens (tertiary/aromatic N) is 1. The molecule has 0 bridgehead atoms. The van der Waals surface area contributed by atoms with E-state index in [2.05, 4.69) is 0 Å². The summed E-state index contributed by atoms with van der Waals surface area (Å²) in [6, 6.07) is -0.658. The predicted molar refractivity (Wildman–Crippen MR) is 64.0 cm³/mol. The van der Waals surface area contributed by atoms with Crippen molar-refractivity contribution in [3.8, 4) is 0 Å². The van der Waals surface area contributed by atoms with Crippen molar-refractivity contribution in [1.29, 1.82) is 0 Å². The highest BCUT2D eigenvalue weighted by atomic mass is 16.6. The average Bonchev–Trinajstić information content (AvgIpc) is 2.28. The summed E-state index contributed by atoms with van der Waals surface area (Å²) < 4.78 is 10.00. The lowest BCUT2D eigenvalue weighted by molar-refractivity contribution is -0.155. The van der Waals surface area contributed by atoms with E-state index in [-0.39, 0.29) is 19.3 Å². The van der Waals surface area contributed by atoms with Crippen molar-refractivity contribution < 1.29 is 24.2 Å². The van der Waals surface area contributed by atoms with Gasteiger partial charge in [0.15, 0.2) is 0 Å². The number of piperidine rings is 1. The van der Waals surface area contributed by atoms with Crippen molar-refractivity contribution in [3.63, 3.8) is 0 Å². The van der Waals surface area contributed by atoms with E-state index in [4.69, 9.17) is 9.47 Å². The number of amides is 1. The van der Waals surface area contributed by atoms with Gasteiger partial charge in [-0.2, -0.15) is 0 Å². The molecule has 0 aromatic heterocycles. The Kier molecular flexibility index (Phi) is 5.40.